The summed E-state index contributed by atoms with van der Waals surface area (Å²) in [5.41, 5.74) is -1.81. The van der Waals surface area contributed by atoms with Crippen molar-refractivity contribution in [3.05, 3.63) is 28.2 Å². The number of hydrogen-bond donors (Lipinski definition) is 1. The van der Waals surface area contributed by atoms with Crippen LogP contribution in [0.15, 0.2) is 22.7 Å². The summed E-state index contributed by atoms with van der Waals surface area (Å²) >= 11 is 3.02. The van der Waals surface area contributed by atoms with E-state index in [4.69, 9.17) is 4.74 Å². The molecule has 1 atom stereocenters. The molecule has 27 heavy (non-hydrogen) atoms. The van der Waals surface area contributed by atoms with Gasteiger partial charge in [0.2, 0.25) is 0 Å². The fourth-order valence-corrected chi connectivity index (χ4v) is 3.12. The van der Waals surface area contributed by atoms with Crippen LogP contribution >= 0.6 is 15.9 Å². The van der Waals surface area contributed by atoms with Gasteiger partial charge in [-0.15, -0.1) is 0 Å². The number of ether oxygens (including phenoxy) is 1. The molecule has 1 fully saturated rings. The number of carboxylic acids is 1. The number of anilines is 1. The largest absolute Gasteiger partial charge is 0.480 e. The van der Waals surface area contributed by atoms with Crippen LogP contribution in [0, 0.1) is 0 Å². The number of carbonyl (C=O) groups is 2. The molecular weight excluding hydrogens is 433 g/mol. The average Bonchev–Trinajstić information content (AvgIpc) is 2.51. The number of nitrogens with zero attached hydrogens (tertiary/aromatic N) is 2. The van der Waals surface area contributed by atoms with Crippen molar-refractivity contribution >= 4 is 33.7 Å². The van der Waals surface area contributed by atoms with Crippen molar-refractivity contribution in [1.82, 2.24) is 4.90 Å². The lowest BCUT2D eigenvalue weighted by molar-refractivity contribution is -0.143. The van der Waals surface area contributed by atoms with Gasteiger partial charge in [-0.25, -0.2) is 9.59 Å². The maximum Gasteiger partial charge on any atom is 0.418 e. The number of alkyl halides is 3. The minimum Gasteiger partial charge on any atom is -0.480 e. The van der Waals surface area contributed by atoms with Gasteiger partial charge in [0.25, 0.3) is 0 Å². The molecule has 0 saturated carbocycles. The van der Waals surface area contributed by atoms with E-state index in [-0.39, 0.29) is 29.8 Å². The van der Waals surface area contributed by atoms with E-state index in [0.29, 0.717) is 0 Å². The van der Waals surface area contributed by atoms with Crippen molar-refractivity contribution in [3.8, 4) is 0 Å². The lowest BCUT2D eigenvalue weighted by atomic mass is 10.1. The average molecular weight is 453 g/mol. The molecule has 1 aliphatic rings. The van der Waals surface area contributed by atoms with Gasteiger partial charge in [0.05, 0.1) is 5.56 Å². The molecule has 1 aromatic carbocycles. The Labute approximate surface area is 163 Å². The van der Waals surface area contributed by atoms with Gasteiger partial charge in [0, 0.05) is 29.8 Å². The third kappa shape index (κ3) is 5.27. The molecule has 0 spiro atoms. The Morgan fingerprint density at radius 1 is 1.22 bits per heavy atom. The molecule has 1 amide bonds. The van der Waals surface area contributed by atoms with Gasteiger partial charge in [0.1, 0.15) is 11.6 Å². The van der Waals surface area contributed by atoms with Crippen molar-refractivity contribution in [2.45, 2.75) is 38.6 Å². The zero-order valence-electron chi connectivity index (χ0n) is 15.0. The maximum absolute atomic E-state index is 13.4. The number of rotatable bonds is 2. The molecule has 10 heteroatoms. The first kappa shape index (κ1) is 21.3. The minimum absolute atomic E-state index is 0.0493. The van der Waals surface area contributed by atoms with E-state index in [1.54, 1.807) is 20.8 Å². The van der Waals surface area contributed by atoms with Crippen LogP contribution in [0.3, 0.4) is 0 Å². The summed E-state index contributed by atoms with van der Waals surface area (Å²) < 4.78 is 45.6. The minimum atomic E-state index is -4.60. The lowest BCUT2D eigenvalue weighted by Gasteiger charge is -2.41. The Morgan fingerprint density at radius 3 is 2.37 bits per heavy atom. The Balaban J connectivity index is 2.30. The van der Waals surface area contributed by atoms with Crippen LogP contribution in [0.1, 0.15) is 26.3 Å². The fourth-order valence-electron chi connectivity index (χ4n) is 2.76. The molecule has 0 radical (unpaired) electrons. The summed E-state index contributed by atoms with van der Waals surface area (Å²) in [6, 6.07) is 2.37. The van der Waals surface area contributed by atoms with E-state index in [1.807, 2.05) is 0 Å². The van der Waals surface area contributed by atoms with Gasteiger partial charge in [-0.2, -0.15) is 13.2 Å². The van der Waals surface area contributed by atoms with E-state index in [1.165, 1.54) is 17.0 Å². The van der Waals surface area contributed by atoms with Crippen LogP contribution in [0.2, 0.25) is 0 Å². The number of carbonyl (C=O) groups excluding carboxylic acids is 1. The molecule has 1 N–H and O–H groups in total. The van der Waals surface area contributed by atoms with E-state index < -0.39 is 35.4 Å². The topological polar surface area (TPSA) is 70.1 Å². The molecule has 1 aromatic rings. The first-order valence-corrected chi connectivity index (χ1v) is 8.93. The quantitative estimate of drug-likeness (QED) is 0.734. The summed E-state index contributed by atoms with van der Waals surface area (Å²) in [6.07, 6.45) is -5.40. The van der Waals surface area contributed by atoms with Gasteiger partial charge < -0.3 is 14.7 Å². The molecule has 2 rings (SSSR count). The molecule has 1 heterocycles. The Kier molecular flexibility index (Phi) is 5.98. The number of hydrogen-bond acceptors (Lipinski definition) is 4. The van der Waals surface area contributed by atoms with Gasteiger partial charge in [-0.1, -0.05) is 15.9 Å². The highest BCUT2D eigenvalue weighted by Crippen LogP contribution is 2.39. The fraction of sp³-hybridized carbons (Fsp3) is 0.529. The molecule has 0 unspecified atom stereocenters. The van der Waals surface area contributed by atoms with Crippen molar-refractivity contribution in [2.75, 3.05) is 24.5 Å². The van der Waals surface area contributed by atoms with Gasteiger partial charge in [-0.05, 0) is 39.0 Å². The second kappa shape index (κ2) is 7.57. The smallest absolute Gasteiger partial charge is 0.418 e. The summed E-state index contributed by atoms with van der Waals surface area (Å²) in [5, 5.41) is 9.49. The highest BCUT2D eigenvalue weighted by Gasteiger charge is 2.41. The van der Waals surface area contributed by atoms with Gasteiger partial charge >= 0.3 is 18.2 Å². The number of carboxylic acid groups (broad SMARTS) is 1. The van der Waals surface area contributed by atoms with E-state index in [2.05, 4.69) is 15.9 Å². The molecular formula is C17H20BrF3N2O4. The third-order valence-corrected chi connectivity index (χ3v) is 4.39. The number of piperazine rings is 1. The second-order valence-corrected chi connectivity index (χ2v) is 8.05. The summed E-state index contributed by atoms with van der Waals surface area (Å²) in [5.74, 6) is -1.31. The summed E-state index contributed by atoms with van der Waals surface area (Å²) in [6.45, 7) is 4.64. The van der Waals surface area contributed by atoms with E-state index >= 15 is 0 Å². The Morgan fingerprint density at radius 2 is 1.85 bits per heavy atom. The first-order valence-electron chi connectivity index (χ1n) is 8.14. The SMILES string of the molecule is CC(C)(C)OC(=O)N1CCN(c2ccc(Br)cc2C(F)(F)F)C[C@H]1C(=O)O. The number of benzene rings is 1. The molecule has 0 aromatic heterocycles. The zero-order chi connectivity index (χ0) is 20.6. The highest BCUT2D eigenvalue weighted by molar-refractivity contribution is 9.10. The Hall–Kier alpha value is -1.97. The van der Waals surface area contributed by atoms with Crippen LogP contribution in [-0.2, 0) is 15.7 Å². The standard InChI is InChI=1S/C17H20BrF3N2O4/c1-16(2,3)27-15(26)23-7-6-22(9-13(23)14(24)25)12-5-4-10(18)8-11(12)17(19,20)21/h4-5,8,13H,6-7,9H2,1-3H3,(H,24,25)/t13-/m0/s1. The predicted octanol–water partition coefficient (Wildman–Crippen LogP) is 3.98. The van der Waals surface area contributed by atoms with Gasteiger partial charge in [0.15, 0.2) is 0 Å². The molecule has 6 nitrogen and oxygen atoms in total. The number of aliphatic carboxylic acids is 1. The van der Waals surface area contributed by atoms with Crippen LogP contribution in [0.5, 0.6) is 0 Å². The van der Waals surface area contributed by atoms with Crippen LogP contribution in [0.4, 0.5) is 23.7 Å². The number of amides is 1. The zero-order valence-corrected chi connectivity index (χ0v) is 16.6. The Bertz CT molecular complexity index is 734. The number of halogens is 4. The van der Waals surface area contributed by atoms with Crippen molar-refractivity contribution in [2.24, 2.45) is 0 Å². The van der Waals surface area contributed by atoms with Crippen molar-refractivity contribution in [1.29, 1.82) is 0 Å². The first-order chi connectivity index (χ1) is 12.3. The van der Waals surface area contributed by atoms with Crippen molar-refractivity contribution in [3.63, 3.8) is 0 Å². The molecule has 1 aliphatic heterocycles. The maximum atomic E-state index is 13.4. The molecule has 1 saturated heterocycles. The van der Waals surface area contributed by atoms with Crippen LogP contribution in [0.25, 0.3) is 0 Å². The van der Waals surface area contributed by atoms with Gasteiger partial charge in [-0.3, -0.25) is 4.90 Å². The molecule has 150 valence electrons. The third-order valence-electron chi connectivity index (χ3n) is 3.90. The molecule has 0 aliphatic carbocycles. The van der Waals surface area contributed by atoms with Crippen LogP contribution < -0.4 is 4.90 Å². The lowest BCUT2D eigenvalue weighted by Crippen LogP contribution is -2.59. The predicted molar refractivity (Wildman–Crippen MR) is 95.7 cm³/mol. The summed E-state index contributed by atoms with van der Waals surface area (Å²) in [4.78, 5) is 26.3. The summed E-state index contributed by atoms with van der Waals surface area (Å²) in [7, 11) is 0. The van der Waals surface area contributed by atoms with E-state index in [0.717, 1.165) is 11.0 Å². The van der Waals surface area contributed by atoms with E-state index in [9.17, 15) is 27.9 Å². The monoisotopic (exact) mass is 452 g/mol. The normalized spacial score (nSPS) is 18.4. The van der Waals surface area contributed by atoms with Crippen LogP contribution in [-0.4, -0.2) is 53.3 Å². The highest BCUT2D eigenvalue weighted by atomic mass is 79.9. The molecule has 0 bridgehead atoms. The van der Waals surface area contributed by atoms with Crippen molar-refractivity contribution < 1.29 is 32.6 Å². The second-order valence-electron chi connectivity index (χ2n) is 7.13.